The minimum atomic E-state index is 0.357. The van der Waals surface area contributed by atoms with Crippen LogP contribution in [-0.2, 0) is 0 Å². The molecule has 0 bridgehead atoms. The number of piperidine rings is 1. The molecule has 0 aliphatic carbocycles. The normalized spacial score (nSPS) is 23.4. The summed E-state index contributed by atoms with van der Waals surface area (Å²) in [6, 6.07) is 0. The van der Waals surface area contributed by atoms with Gasteiger partial charge in [0, 0.05) is 5.54 Å². The Bertz CT molecular complexity index is 211. The van der Waals surface area contributed by atoms with E-state index in [1.165, 1.54) is 25.9 Å². The molecule has 0 saturated carbocycles. The summed E-state index contributed by atoms with van der Waals surface area (Å²) in [5.41, 5.74) is 0.824. The third-order valence-electron chi connectivity index (χ3n) is 4.56. The molecule has 16 heavy (non-hydrogen) atoms. The van der Waals surface area contributed by atoms with Crippen LogP contribution >= 0.6 is 0 Å². The Hall–Kier alpha value is -0.0400. The third kappa shape index (κ3) is 3.48. The first-order valence-electron chi connectivity index (χ1n) is 6.87. The van der Waals surface area contributed by atoms with Crippen molar-refractivity contribution in [3.05, 3.63) is 0 Å². The van der Waals surface area contributed by atoms with Gasteiger partial charge < -0.3 is 0 Å². The Morgan fingerprint density at radius 2 is 1.38 bits per heavy atom. The highest BCUT2D eigenvalue weighted by atomic mass is 15.2. The minimum absolute atomic E-state index is 0.357. The van der Waals surface area contributed by atoms with Crippen LogP contribution in [0.25, 0.3) is 0 Å². The molecule has 1 aliphatic rings. The smallest absolute Gasteiger partial charge is 0.0125 e. The van der Waals surface area contributed by atoms with Gasteiger partial charge in [-0.3, -0.25) is 4.90 Å². The highest BCUT2D eigenvalue weighted by Crippen LogP contribution is 2.37. The van der Waals surface area contributed by atoms with Gasteiger partial charge in [-0.15, -0.1) is 0 Å². The van der Waals surface area contributed by atoms with Crippen LogP contribution in [-0.4, -0.2) is 23.5 Å². The van der Waals surface area contributed by atoms with E-state index >= 15 is 0 Å². The summed E-state index contributed by atoms with van der Waals surface area (Å²) in [5.74, 6) is 1.77. The van der Waals surface area contributed by atoms with Crippen LogP contribution < -0.4 is 0 Å². The average molecular weight is 225 g/mol. The molecule has 1 heterocycles. The van der Waals surface area contributed by atoms with Crippen molar-refractivity contribution in [3.63, 3.8) is 0 Å². The maximum absolute atomic E-state index is 2.64. The summed E-state index contributed by atoms with van der Waals surface area (Å²) >= 11 is 0. The number of likely N-dealkylation sites (tertiary alicyclic amines) is 1. The summed E-state index contributed by atoms with van der Waals surface area (Å²) in [5, 5.41) is 0. The molecule has 1 nitrogen and oxygen atoms in total. The van der Waals surface area contributed by atoms with Crippen molar-refractivity contribution in [3.8, 4) is 0 Å². The second kappa shape index (κ2) is 4.68. The van der Waals surface area contributed by atoms with Crippen molar-refractivity contribution in [2.45, 2.75) is 66.8 Å². The second-order valence-corrected chi connectivity index (χ2v) is 7.65. The maximum atomic E-state index is 2.64. The van der Waals surface area contributed by atoms with Crippen LogP contribution in [0.1, 0.15) is 61.3 Å². The topological polar surface area (TPSA) is 3.24 Å². The van der Waals surface area contributed by atoms with Crippen molar-refractivity contribution < 1.29 is 0 Å². The summed E-state index contributed by atoms with van der Waals surface area (Å²) in [7, 11) is 0. The van der Waals surface area contributed by atoms with Gasteiger partial charge in [-0.1, -0.05) is 27.7 Å². The SMILES string of the molecule is CC(C1CCN(C(C)(C)C)CC1)C(C)(C)C. The Morgan fingerprint density at radius 3 is 1.69 bits per heavy atom. The quantitative estimate of drug-likeness (QED) is 0.647. The minimum Gasteiger partial charge on any atom is -0.298 e. The Morgan fingerprint density at radius 1 is 0.938 bits per heavy atom. The monoisotopic (exact) mass is 225 g/mol. The molecule has 0 aromatic carbocycles. The summed E-state index contributed by atoms with van der Waals surface area (Å²) in [6.07, 6.45) is 2.77. The van der Waals surface area contributed by atoms with Crippen LogP contribution in [0, 0.1) is 17.3 Å². The molecule has 1 aliphatic heterocycles. The Balaban J connectivity index is 2.50. The summed E-state index contributed by atoms with van der Waals surface area (Å²) < 4.78 is 0. The van der Waals surface area contributed by atoms with Crippen LogP contribution in [0.2, 0.25) is 0 Å². The lowest BCUT2D eigenvalue weighted by atomic mass is 9.71. The van der Waals surface area contributed by atoms with Crippen molar-refractivity contribution in [2.75, 3.05) is 13.1 Å². The first-order chi connectivity index (χ1) is 7.12. The predicted octanol–water partition coefficient (Wildman–Crippen LogP) is 4.18. The Kier molecular flexibility index (Phi) is 4.10. The first kappa shape index (κ1) is 14.0. The third-order valence-corrected chi connectivity index (χ3v) is 4.56. The van der Waals surface area contributed by atoms with E-state index in [9.17, 15) is 0 Å². The number of hydrogen-bond donors (Lipinski definition) is 0. The van der Waals surface area contributed by atoms with E-state index in [-0.39, 0.29) is 0 Å². The molecule has 1 unspecified atom stereocenters. The number of nitrogens with zero attached hydrogens (tertiary/aromatic N) is 1. The predicted molar refractivity (Wildman–Crippen MR) is 72.7 cm³/mol. The van der Waals surface area contributed by atoms with Crippen molar-refractivity contribution in [1.82, 2.24) is 4.90 Å². The molecule has 1 fully saturated rings. The van der Waals surface area contributed by atoms with Gasteiger partial charge >= 0.3 is 0 Å². The standard InChI is InChI=1S/C15H31N/c1-12(14(2,3)4)13-8-10-16(11-9-13)15(5,6)7/h12-13H,8-11H2,1-7H3. The summed E-state index contributed by atoms with van der Waals surface area (Å²) in [4.78, 5) is 2.64. The molecule has 1 rings (SSSR count). The summed E-state index contributed by atoms with van der Waals surface area (Å²) in [6.45, 7) is 19.2. The van der Waals surface area contributed by atoms with Crippen LogP contribution in [0.4, 0.5) is 0 Å². The van der Waals surface area contributed by atoms with E-state index in [1.54, 1.807) is 0 Å². The molecule has 1 atom stereocenters. The van der Waals surface area contributed by atoms with Gasteiger partial charge in [-0.2, -0.15) is 0 Å². The maximum Gasteiger partial charge on any atom is 0.0125 e. The zero-order valence-corrected chi connectivity index (χ0v) is 12.4. The molecule has 1 saturated heterocycles. The fraction of sp³-hybridized carbons (Fsp3) is 1.00. The number of hydrogen-bond acceptors (Lipinski definition) is 1. The average Bonchev–Trinajstić information content (AvgIpc) is 2.14. The molecule has 0 amide bonds. The van der Waals surface area contributed by atoms with Gasteiger partial charge in [0.2, 0.25) is 0 Å². The van der Waals surface area contributed by atoms with Crippen LogP contribution in [0.15, 0.2) is 0 Å². The van der Waals surface area contributed by atoms with Crippen molar-refractivity contribution in [1.29, 1.82) is 0 Å². The van der Waals surface area contributed by atoms with E-state index in [2.05, 4.69) is 53.4 Å². The largest absolute Gasteiger partial charge is 0.298 e. The van der Waals surface area contributed by atoms with E-state index in [0.717, 1.165) is 11.8 Å². The fourth-order valence-electron chi connectivity index (χ4n) is 2.78. The van der Waals surface area contributed by atoms with Crippen molar-refractivity contribution >= 4 is 0 Å². The first-order valence-corrected chi connectivity index (χ1v) is 6.87. The lowest BCUT2D eigenvalue weighted by Gasteiger charge is -2.44. The molecule has 96 valence electrons. The van der Waals surface area contributed by atoms with Crippen LogP contribution in [0.3, 0.4) is 0 Å². The highest BCUT2D eigenvalue weighted by molar-refractivity contribution is 4.86. The van der Waals surface area contributed by atoms with Gasteiger partial charge in [-0.05, 0) is 64.0 Å². The fourth-order valence-corrected chi connectivity index (χ4v) is 2.78. The zero-order valence-electron chi connectivity index (χ0n) is 12.4. The zero-order chi connectivity index (χ0) is 12.6. The van der Waals surface area contributed by atoms with E-state index in [0.29, 0.717) is 11.0 Å². The molecular weight excluding hydrogens is 194 g/mol. The lowest BCUT2D eigenvalue weighted by molar-refractivity contribution is 0.0494. The molecule has 1 heteroatoms. The molecular formula is C15H31N. The van der Waals surface area contributed by atoms with E-state index < -0.39 is 0 Å². The van der Waals surface area contributed by atoms with Gasteiger partial charge in [0.1, 0.15) is 0 Å². The second-order valence-electron chi connectivity index (χ2n) is 7.65. The number of rotatable bonds is 1. The van der Waals surface area contributed by atoms with Gasteiger partial charge in [-0.25, -0.2) is 0 Å². The highest BCUT2D eigenvalue weighted by Gasteiger charge is 2.33. The molecule has 0 radical (unpaired) electrons. The van der Waals surface area contributed by atoms with E-state index in [4.69, 9.17) is 0 Å². The molecule has 0 spiro atoms. The Labute approximate surface area is 103 Å². The molecule has 0 N–H and O–H groups in total. The van der Waals surface area contributed by atoms with Gasteiger partial charge in [0.15, 0.2) is 0 Å². The lowest BCUT2D eigenvalue weighted by Crippen LogP contribution is -2.47. The molecule has 0 aromatic rings. The molecule has 0 aromatic heterocycles. The van der Waals surface area contributed by atoms with E-state index in [1.807, 2.05) is 0 Å². The van der Waals surface area contributed by atoms with Crippen molar-refractivity contribution in [2.24, 2.45) is 17.3 Å². The van der Waals surface area contributed by atoms with Crippen LogP contribution in [0.5, 0.6) is 0 Å². The van der Waals surface area contributed by atoms with Gasteiger partial charge in [0.05, 0.1) is 0 Å². The van der Waals surface area contributed by atoms with Gasteiger partial charge in [0.25, 0.3) is 0 Å².